The minimum absolute atomic E-state index is 0.293. The summed E-state index contributed by atoms with van der Waals surface area (Å²) in [7, 11) is 0. The Balaban J connectivity index is 1.52. The second kappa shape index (κ2) is 6.48. The number of aromatic nitrogens is 1. The largest absolute Gasteiger partial charge is 0.449 e. The summed E-state index contributed by atoms with van der Waals surface area (Å²) in [6, 6.07) is 4.97. The van der Waals surface area contributed by atoms with Crippen LogP contribution < -0.4 is 5.32 Å². The van der Waals surface area contributed by atoms with Crippen molar-refractivity contribution in [1.29, 1.82) is 0 Å². The van der Waals surface area contributed by atoms with Gasteiger partial charge in [-0.2, -0.15) is 0 Å². The second-order valence-electron chi connectivity index (χ2n) is 6.82. The number of hydrogen-bond donors (Lipinski definition) is 2. The molecule has 3 amide bonds. The third kappa shape index (κ3) is 2.83. The fraction of sp³-hybridized carbons (Fsp3) is 0.421. The molecule has 1 aliphatic carbocycles. The van der Waals surface area contributed by atoms with E-state index in [9.17, 15) is 14.4 Å². The lowest BCUT2D eigenvalue weighted by molar-refractivity contribution is -0.136. The molecule has 1 saturated heterocycles. The van der Waals surface area contributed by atoms with Crippen molar-refractivity contribution in [3.05, 3.63) is 35.0 Å². The van der Waals surface area contributed by atoms with Gasteiger partial charge in [0.2, 0.25) is 0 Å². The zero-order chi connectivity index (χ0) is 18.3. The Labute approximate surface area is 150 Å². The van der Waals surface area contributed by atoms with E-state index >= 15 is 0 Å². The summed E-state index contributed by atoms with van der Waals surface area (Å²) in [4.78, 5) is 40.8. The first-order chi connectivity index (χ1) is 12.5. The first-order valence-electron chi connectivity index (χ1n) is 8.98. The molecule has 2 aliphatic rings. The van der Waals surface area contributed by atoms with Crippen molar-refractivity contribution in [1.82, 2.24) is 15.2 Å². The molecule has 136 valence electrons. The van der Waals surface area contributed by atoms with Gasteiger partial charge < -0.3 is 15.0 Å². The summed E-state index contributed by atoms with van der Waals surface area (Å²) in [5.74, 6) is -1.06. The van der Waals surface area contributed by atoms with Crippen LogP contribution in [0.4, 0.5) is 4.79 Å². The number of aromatic amines is 1. The highest BCUT2D eigenvalue weighted by Gasteiger charge is 2.31. The van der Waals surface area contributed by atoms with Crippen molar-refractivity contribution in [2.24, 2.45) is 0 Å². The normalized spacial score (nSPS) is 17.7. The molecule has 0 bridgehead atoms. The molecule has 2 aromatic rings. The van der Waals surface area contributed by atoms with E-state index in [1.54, 1.807) is 6.07 Å². The smallest absolute Gasteiger partial charge is 0.338 e. The number of imide groups is 1. The summed E-state index contributed by atoms with van der Waals surface area (Å²) < 4.78 is 5.31. The Morgan fingerprint density at radius 2 is 2.04 bits per heavy atom. The molecule has 0 saturated carbocycles. The standard InChI is InChI=1S/C19H21N3O4/c1-11(17(23)22-9-8-20-19(22)25)26-18(24)12-6-7-16-14(10-12)13-4-2-3-5-15(13)21-16/h6-7,10-11,21H,2-5,8-9H2,1H3,(H,20,25)/t11-/m0/s1. The molecule has 7 nitrogen and oxygen atoms in total. The van der Waals surface area contributed by atoms with E-state index in [1.165, 1.54) is 24.6 Å². The molecule has 1 aromatic carbocycles. The van der Waals surface area contributed by atoms with E-state index in [0.717, 1.165) is 35.1 Å². The fourth-order valence-corrected chi connectivity index (χ4v) is 3.71. The van der Waals surface area contributed by atoms with Gasteiger partial charge in [0.15, 0.2) is 6.10 Å². The number of ether oxygens (including phenoxy) is 1. The van der Waals surface area contributed by atoms with Crippen molar-refractivity contribution in [2.75, 3.05) is 13.1 Å². The number of esters is 1. The molecule has 7 heteroatoms. The Kier molecular flexibility index (Phi) is 4.14. The fourth-order valence-electron chi connectivity index (χ4n) is 3.71. The first-order valence-corrected chi connectivity index (χ1v) is 8.98. The summed E-state index contributed by atoms with van der Waals surface area (Å²) in [5, 5.41) is 3.61. The van der Waals surface area contributed by atoms with Gasteiger partial charge in [0.1, 0.15) is 0 Å². The van der Waals surface area contributed by atoms with Crippen molar-refractivity contribution in [2.45, 2.75) is 38.7 Å². The van der Waals surface area contributed by atoms with E-state index in [2.05, 4.69) is 10.3 Å². The number of benzene rings is 1. The first kappa shape index (κ1) is 16.6. The zero-order valence-corrected chi connectivity index (χ0v) is 14.6. The van der Waals surface area contributed by atoms with Gasteiger partial charge in [-0.3, -0.25) is 9.69 Å². The minimum Gasteiger partial charge on any atom is -0.449 e. The Morgan fingerprint density at radius 3 is 2.81 bits per heavy atom. The molecule has 2 heterocycles. The molecule has 2 N–H and O–H groups in total. The predicted molar refractivity (Wildman–Crippen MR) is 94.9 cm³/mol. The number of fused-ring (bicyclic) bond motifs is 3. The maximum Gasteiger partial charge on any atom is 0.338 e. The number of nitrogens with zero attached hydrogens (tertiary/aromatic N) is 1. The average molecular weight is 355 g/mol. The third-order valence-corrected chi connectivity index (χ3v) is 5.09. The summed E-state index contributed by atoms with van der Waals surface area (Å²) >= 11 is 0. The number of carbonyl (C=O) groups excluding carboxylic acids is 3. The maximum absolute atomic E-state index is 12.5. The topological polar surface area (TPSA) is 91.5 Å². The number of aryl methyl sites for hydroxylation is 2. The van der Waals surface area contributed by atoms with Gasteiger partial charge in [-0.15, -0.1) is 0 Å². The van der Waals surface area contributed by atoms with Gasteiger partial charge in [-0.05, 0) is 56.4 Å². The quantitative estimate of drug-likeness (QED) is 0.825. The Morgan fingerprint density at radius 1 is 1.23 bits per heavy atom. The van der Waals surface area contributed by atoms with Crippen LogP contribution in [0.2, 0.25) is 0 Å². The number of hydrogen-bond acceptors (Lipinski definition) is 4. The average Bonchev–Trinajstić information content (AvgIpc) is 3.23. The SMILES string of the molecule is C[C@H](OC(=O)c1ccc2[nH]c3c(c2c1)CCCC3)C(=O)N1CCNC1=O. The molecular formula is C19H21N3O4. The van der Waals surface area contributed by atoms with Gasteiger partial charge in [0.25, 0.3) is 5.91 Å². The van der Waals surface area contributed by atoms with Crippen LogP contribution >= 0.6 is 0 Å². The highest BCUT2D eigenvalue weighted by atomic mass is 16.5. The van der Waals surface area contributed by atoms with Crippen LogP contribution in [0, 0.1) is 0 Å². The van der Waals surface area contributed by atoms with Crippen LogP contribution in [0.25, 0.3) is 10.9 Å². The lowest BCUT2D eigenvalue weighted by Crippen LogP contribution is -2.41. The van der Waals surface area contributed by atoms with E-state index in [-0.39, 0.29) is 0 Å². The molecule has 0 unspecified atom stereocenters. The van der Waals surface area contributed by atoms with Gasteiger partial charge in [-0.25, -0.2) is 9.59 Å². The van der Waals surface area contributed by atoms with E-state index in [4.69, 9.17) is 4.74 Å². The zero-order valence-electron chi connectivity index (χ0n) is 14.6. The van der Waals surface area contributed by atoms with E-state index < -0.39 is 24.0 Å². The van der Waals surface area contributed by atoms with Crippen LogP contribution in [0.3, 0.4) is 0 Å². The van der Waals surface area contributed by atoms with Gasteiger partial charge >= 0.3 is 12.0 Å². The minimum atomic E-state index is -1.01. The van der Waals surface area contributed by atoms with Crippen LogP contribution in [-0.4, -0.2) is 47.0 Å². The summed E-state index contributed by atoms with van der Waals surface area (Å²) in [6.45, 7) is 2.20. The number of amides is 3. The molecule has 0 spiro atoms. The summed E-state index contributed by atoms with van der Waals surface area (Å²) in [6.07, 6.45) is 3.36. The van der Waals surface area contributed by atoms with Crippen molar-refractivity contribution >= 4 is 28.8 Å². The third-order valence-electron chi connectivity index (χ3n) is 5.09. The second-order valence-corrected chi connectivity index (χ2v) is 6.82. The molecule has 4 rings (SSSR count). The van der Waals surface area contributed by atoms with Crippen LogP contribution in [-0.2, 0) is 22.4 Å². The lowest BCUT2D eigenvalue weighted by atomic mass is 9.95. The number of urea groups is 1. The summed E-state index contributed by atoms with van der Waals surface area (Å²) in [5.41, 5.74) is 3.96. The van der Waals surface area contributed by atoms with Crippen molar-refractivity contribution in [3.63, 3.8) is 0 Å². The Bertz CT molecular complexity index is 902. The van der Waals surface area contributed by atoms with Crippen LogP contribution in [0.5, 0.6) is 0 Å². The number of rotatable bonds is 3. The molecule has 0 radical (unpaired) electrons. The maximum atomic E-state index is 12.5. The van der Waals surface area contributed by atoms with Crippen molar-refractivity contribution in [3.8, 4) is 0 Å². The highest BCUT2D eigenvalue weighted by molar-refractivity contribution is 6.00. The number of carbonyl (C=O) groups is 3. The molecule has 1 atom stereocenters. The lowest BCUT2D eigenvalue weighted by Gasteiger charge is -2.18. The van der Waals surface area contributed by atoms with Gasteiger partial charge in [0.05, 0.1) is 5.56 Å². The van der Waals surface area contributed by atoms with Crippen LogP contribution in [0.1, 0.15) is 41.4 Å². The number of H-pyrrole nitrogens is 1. The predicted octanol–water partition coefficient (Wildman–Crippen LogP) is 2.14. The highest BCUT2D eigenvalue weighted by Crippen LogP contribution is 2.29. The van der Waals surface area contributed by atoms with Gasteiger partial charge in [-0.1, -0.05) is 0 Å². The molecule has 26 heavy (non-hydrogen) atoms. The molecule has 1 aromatic heterocycles. The van der Waals surface area contributed by atoms with Gasteiger partial charge in [0, 0.05) is 29.7 Å². The van der Waals surface area contributed by atoms with E-state index in [0.29, 0.717) is 18.7 Å². The van der Waals surface area contributed by atoms with Crippen molar-refractivity contribution < 1.29 is 19.1 Å². The molecular weight excluding hydrogens is 334 g/mol. The van der Waals surface area contributed by atoms with Crippen LogP contribution in [0.15, 0.2) is 18.2 Å². The van der Waals surface area contributed by atoms with E-state index in [1.807, 2.05) is 12.1 Å². The molecule has 1 aliphatic heterocycles. The number of nitrogens with one attached hydrogen (secondary N) is 2. The molecule has 1 fully saturated rings. The monoisotopic (exact) mass is 355 g/mol. The Hall–Kier alpha value is -2.83.